The normalized spacial score (nSPS) is 23.8. The first-order chi connectivity index (χ1) is 13.1. The molecule has 0 saturated heterocycles. The molecular formula is C23H28Cl2HfNOSi. The van der Waals surface area contributed by atoms with Gasteiger partial charge in [0.1, 0.15) is 0 Å². The number of hydrogen-bond donors (Lipinski definition) is 1. The zero-order valence-electron chi connectivity index (χ0n) is 17.0. The molecule has 3 unspecified atom stereocenters. The van der Waals surface area contributed by atoms with Crippen LogP contribution in [0.2, 0.25) is 13.1 Å². The Hall–Kier alpha value is -0.423. The van der Waals surface area contributed by atoms with E-state index in [0.29, 0.717) is 21.4 Å². The molecule has 2 bridgehead atoms. The SMILES string of the molecule is C[SiH](C)[Hf+2]([NH]C(=O)C1CC2CCC1C2)[CH]1c2ccccc2-c2ccccc21.[Cl-].[Cl-]. The van der Waals surface area contributed by atoms with Gasteiger partial charge < -0.3 is 24.8 Å². The average molecular weight is 612 g/mol. The number of nitrogens with one attached hydrogen (secondary N) is 1. The third-order valence-corrected chi connectivity index (χ3v) is 32.1. The monoisotopic (exact) mass is 612 g/mol. The molecule has 3 aliphatic carbocycles. The second-order valence-electron chi connectivity index (χ2n) is 8.99. The van der Waals surface area contributed by atoms with Crippen LogP contribution in [0.25, 0.3) is 11.1 Å². The summed E-state index contributed by atoms with van der Waals surface area (Å²) in [6, 6.07) is 17.9. The van der Waals surface area contributed by atoms with Gasteiger partial charge >= 0.3 is 172 Å². The third-order valence-electron chi connectivity index (χ3n) is 7.11. The number of halogens is 2. The van der Waals surface area contributed by atoms with Gasteiger partial charge in [0.2, 0.25) is 0 Å². The molecule has 6 heteroatoms. The maximum Gasteiger partial charge on any atom is -1.00 e. The fourth-order valence-electron chi connectivity index (χ4n) is 5.84. The van der Waals surface area contributed by atoms with E-state index in [4.69, 9.17) is 0 Å². The quantitative estimate of drug-likeness (QED) is 0.435. The number of fused-ring (bicyclic) bond motifs is 5. The fraction of sp³-hybridized carbons (Fsp3) is 0.435. The summed E-state index contributed by atoms with van der Waals surface area (Å²) in [5.41, 5.74) is 5.81. The van der Waals surface area contributed by atoms with Crippen LogP contribution in [0, 0.1) is 17.8 Å². The van der Waals surface area contributed by atoms with Gasteiger partial charge in [-0.15, -0.1) is 0 Å². The van der Waals surface area contributed by atoms with E-state index < -0.39 is 26.9 Å². The molecule has 3 atom stereocenters. The largest absolute Gasteiger partial charge is 1.00 e. The van der Waals surface area contributed by atoms with E-state index >= 15 is 0 Å². The molecule has 0 heterocycles. The third kappa shape index (κ3) is 4.07. The molecule has 1 amide bonds. The Labute approximate surface area is 195 Å². The van der Waals surface area contributed by atoms with Gasteiger partial charge in [0.05, 0.1) is 0 Å². The van der Waals surface area contributed by atoms with Crippen LogP contribution in [-0.2, 0) is 25.7 Å². The van der Waals surface area contributed by atoms with Crippen molar-refractivity contribution >= 4 is 11.9 Å². The minimum absolute atomic E-state index is 0. The Kier molecular flexibility index (Phi) is 7.52. The molecule has 29 heavy (non-hydrogen) atoms. The van der Waals surface area contributed by atoms with E-state index in [1.165, 1.54) is 41.5 Å². The van der Waals surface area contributed by atoms with Crippen molar-refractivity contribution in [3.63, 3.8) is 0 Å². The second-order valence-corrected chi connectivity index (χ2v) is 35.1. The molecule has 1 N–H and O–H groups in total. The first kappa shape index (κ1) is 23.2. The number of benzene rings is 2. The summed E-state index contributed by atoms with van der Waals surface area (Å²) < 4.78 is 4.33. The van der Waals surface area contributed by atoms with Crippen LogP contribution < -0.4 is 28.1 Å². The van der Waals surface area contributed by atoms with Crippen molar-refractivity contribution in [1.29, 1.82) is 0 Å². The van der Waals surface area contributed by atoms with Gasteiger partial charge in [0, 0.05) is 0 Å². The van der Waals surface area contributed by atoms with Crippen molar-refractivity contribution < 1.29 is 50.5 Å². The van der Waals surface area contributed by atoms with Gasteiger partial charge in [0.15, 0.2) is 0 Å². The van der Waals surface area contributed by atoms with Gasteiger partial charge in [-0.1, -0.05) is 0 Å². The van der Waals surface area contributed by atoms with Crippen molar-refractivity contribution in [2.75, 3.05) is 0 Å². The maximum absolute atomic E-state index is 13.3. The van der Waals surface area contributed by atoms with Crippen LogP contribution in [0.1, 0.15) is 40.5 Å². The van der Waals surface area contributed by atoms with Crippen molar-refractivity contribution in [2.24, 2.45) is 17.8 Å². The first-order valence-electron chi connectivity index (χ1n) is 10.5. The van der Waals surface area contributed by atoms with Crippen LogP contribution in [0.3, 0.4) is 0 Å². The summed E-state index contributed by atoms with van der Waals surface area (Å²) in [6.07, 6.45) is 5.13. The topological polar surface area (TPSA) is 29.1 Å². The molecule has 0 aliphatic heterocycles. The molecule has 5 rings (SSSR count). The predicted octanol–water partition coefficient (Wildman–Crippen LogP) is -1.17. The zero-order chi connectivity index (χ0) is 18.5. The van der Waals surface area contributed by atoms with Gasteiger partial charge in [-0.2, -0.15) is 0 Å². The number of rotatable bonds is 4. The van der Waals surface area contributed by atoms with E-state index in [0.717, 1.165) is 12.3 Å². The Bertz CT molecular complexity index is 847. The number of hydrogen-bond acceptors (Lipinski definition) is 1. The minimum atomic E-state index is -2.34. The van der Waals surface area contributed by atoms with E-state index in [2.05, 4.69) is 64.9 Å². The van der Waals surface area contributed by atoms with Crippen molar-refractivity contribution in [3.8, 4) is 11.1 Å². The Morgan fingerprint density at radius 1 is 0.931 bits per heavy atom. The number of amides is 1. The summed E-state index contributed by atoms with van der Waals surface area (Å²) in [6.45, 7) is 4.96. The molecule has 2 aromatic rings. The fourth-order valence-corrected chi connectivity index (χ4v) is 27.6. The van der Waals surface area contributed by atoms with Gasteiger partial charge in [-0.25, -0.2) is 0 Å². The van der Waals surface area contributed by atoms with Crippen LogP contribution in [0.5, 0.6) is 0 Å². The number of carbonyl (C=O) groups excluding carboxylic acids is 1. The van der Waals surface area contributed by atoms with Gasteiger partial charge in [0.25, 0.3) is 0 Å². The van der Waals surface area contributed by atoms with E-state index in [1.54, 1.807) is 0 Å². The summed E-state index contributed by atoms with van der Waals surface area (Å²) in [5, 5.41) is 0. The molecule has 2 aromatic carbocycles. The van der Waals surface area contributed by atoms with Gasteiger partial charge in [-0.05, 0) is 0 Å². The van der Waals surface area contributed by atoms with Crippen LogP contribution in [-0.4, -0.2) is 11.9 Å². The van der Waals surface area contributed by atoms with Crippen LogP contribution in [0.4, 0.5) is 0 Å². The van der Waals surface area contributed by atoms with E-state index in [1.807, 2.05) is 0 Å². The van der Waals surface area contributed by atoms with E-state index in [-0.39, 0.29) is 24.8 Å². The van der Waals surface area contributed by atoms with Crippen molar-refractivity contribution in [3.05, 3.63) is 59.7 Å². The standard InChI is InChI=1S/C13H9.C8H13NO.C2H7Si.2ClH.Hf/c1-3-7-12-10(5-1)9-11-6-2-4-8-13(11)12;9-8(10)7-4-5-1-2-6(7)3-5;1-3-2;;;/h1-9H;5-7H,1-4H2,(H2,9,10);3H,1-2H3;2*1H;/q;;;;;+3/p-3. The zero-order valence-corrected chi connectivity index (χ0v) is 23.3. The summed E-state index contributed by atoms with van der Waals surface area (Å²) in [7, 11) is 0. The molecule has 2 fully saturated rings. The Morgan fingerprint density at radius 2 is 1.52 bits per heavy atom. The molecule has 0 aromatic heterocycles. The molecule has 2 saturated carbocycles. The first-order valence-corrected chi connectivity index (χ1v) is 23.5. The summed E-state index contributed by atoms with van der Waals surface area (Å²) in [5.74, 6) is 1.38. The molecule has 0 radical (unpaired) electrons. The number of carbonyl (C=O) groups is 1. The molecule has 2 nitrogen and oxygen atoms in total. The molecule has 0 spiro atoms. The van der Waals surface area contributed by atoms with Crippen LogP contribution >= 0.6 is 0 Å². The molecular weight excluding hydrogens is 584 g/mol. The van der Waals surface area contributed by atoms with Gasteiger partial charge in [-0.3, -0.25) is 0 Å². The molecule has 3 aliphatic rings. The average Bonchev–Trinajstić information content (AvgIpc) is 3.39. The van der Waals surface area contributed by atoms with E-state index in [9.17, 15) is 4.79 Å². The smallest absolute Gasteiger partial charge is 1.00 e. The van der Waals surface area contributed by atoms with Crippen LogP contribution in [0.15, 0.2) is 48.5 Å². The Morgan fingerprint density at radius 3 is 2.00 bits per heavy atom. The maximum atomic E-state index is 13.3. The molecule has 153 valence electrons. The summed E-state index contributed by atoms with van der Waals surface area (Å²) >= 11 is -2.34. The summed E-state index contributed by atoms with van der Waals surface area (Å²) in [4.78, 5) is 13.3. The predicted molar refractivity (Wildman–Crippen MR) is 110 cm³/mol. The van der Waals surface area contributed by atoms with Crippen molar-refractivity contribution in [2.45, 2.75) is 42.5 Å². The Balaban J connectivity index is 0.00000120. The minimum Gasteiger partial charge on any atom is -1.00 e. The second kappa shape index (κ2) is 9.38. The van der Waals surface area contributed by atoms with Crippen molar-refractivity contribution in [1.82, 2.24) is 3.30 Å².